The zero-order valence-electron chi connectivity index (χ0n) is 22.1. The number of nitrogens with one attached hydrogen (secondary N) is 1. The Morgan fingerprint density at radius 3 is 1.84 bits per heavy atom. The molecule has 1 saturated heterocycles. The lowest BCUT2D eigenvalue weighted by molar-refractivity contribution is -0.227. The van der Waals surface area contributed by atoms with Crippen molar-refractivity contribution in [3.05, 3.63) is 71.8 Å². The fourth-order valence-electron chi connectivity index (χ4n) is 4.29. The molecule has 5 atom stereocenters. The monoisotopic (exact) mass is 549 g/mol. The lowest BCUT2D eigenvalue weighted by atomic mass is 9.92. The number of hydrogen-bond donors (Lipinski definition) is 1. The van der Waals surface area contributed by atoms with Crippen molar-refractivity contribution in [3.8, 4) is 0 Å². The maximum Gasteiger partial charge on any atom is 0.332 e. The summed E-state index contributed by atoms with van der Waals surface area (Å²) >= 11 is 0. The Labute approximate surface area is 223 Å². The van der Waals surface area contributed by atoms with E-state index in [1.54, 1.807) is 0 Å². The minimum Gasteiger partial charge on any atom is -0.463 e. The molecule has 1 heterocycles. The molecule has 1 amide bonds. The molecule has 0 bridgehead atoms. The van der Waals surface area contributed by atoms with Crippen molar-refractivity contribution in [1.29, 1.82) is 0 Å². The molecule has 1 aliphatic rings. The molecule has 2 aromatic carbocycles. The van der Waals surface area contributed by atoms with Gasteiger partial charge in [0, 0.05) is 28.1 Å². The topological polar surface area (TPSA) is 119 Å². The first kappa shape index (κ1) is 30.0. The predicted octanol–water partition coefficient (Wildman–Crippen LogP) is 3.48. The van der Waals surface area contributed by atoms with E-state index in [-0.39, 0.29) is 31.9 Å². The number of amides is 1. The first-order valence-corrected chi connectivity index (χ1v) is 14.0. The molecular formula is C27H36NO9P. The highest BCUT2D eigenvalue weighted by Gasteiger charge is 2.50. The van der Waals surface area contributed by atoms with Gasteiger partial charge in [0.25, 0.3) is 0 Å². The van der Waals surface area contributed by atoms with Crippen molar-refractivity contribution >= 4 is 19.5 Å². The average molecular weight is 550 g/mol. The molecule has 11 heteroatoms. The van der Waals surface area contributed by atoms with E-state index in [0.717, 1.165) is 11.1 Å². The van der Waals surface area contributed by atoms with Crippen LogP contribution in [0.15, 0.2) is 60.7 Å². The molecule has 0 aromatic heterocycles. The van der Waals surface area contributed by atoms with Gasteiger partial charge in [-0.2, -0.15) is 0 Å². The number of carbonyl (C=O) groups excluding carboxylic acids is 2. The van der Waals surface area contributed by atoms with Crippen molar-refractivity contribution < 1.29 is 42.1 Å². The molecule has 2 unspecified atom stereocenters. The van der Waals surface area contributed by atoms with Crippen LogP contribution in [0, 0.1) is 0 Å². The van der Waals surface area contributed by atoms with E-state index in [1.807, 2.05) is 60.7 Å². The Morgan fingerprint density at radius 2 is 1.37 bits per heavy atom. The molecule has 3 rings (SSSR count). The summed E-state index contributed by atoms with van der Waals surface area (Å²) in [5, 5.41) is 2.89. The highest BCUT2D eigenvalue weighted by atomic mass is 31.2. The van der Waals surface area contributed by atoms with Crippen molar-refractivity contribution in [1.82, 2.24) is 5.32 Å². The fraction of sp³-hybridized carbons (Fsp3) is 0.481. The second-order valence-electron chi connectivity index (χ2n) is 8.92. The summed E-state index contributed by atoms with van der Waals surface area (Å²) in [5.41, 5.74) is 1.83. The largest absolute Gasteiger partial charge is 0.463 e. The minimum atomic E-state index is -3.56. The van der Waals surface area contributed by atoms with E-state index >= 15 is 0 Å². The normalized spacial score (nSPS) is 23.5. The molecule has 1 fully saturated rings. The van der Waals surface area contributed by atoms with Gasteiger partial charge in [-0.1, -0.05) is 60.7 Å². The van der Waals surface area contributed by atoms with Crippen molar-refractivity contribution in [2.75, 3.05) is 27.0 Å². The van der Waals surface area contributed by atoms with Gasteiger partial charge in [0.15, 0.2) is 0 Å². The highest BCUT2D eigenvalue weighted by molar-refractivity contribution is 7.53. The number of benzene rings is 2. The average Bonchev–Trinajstić information content (AvgIpc) is 2.92. The van der Waals surface area contributed by atoms with Gasteiger partial charge in [-0.05, 0) is 11.1 Å². The van der Waals surface area contributed by atoms with Gasteiger partial charge in [0.1, 0.15) is 24.9 Å². The summed E-state index contributed by atoms with van der Waals surface area (Å²) in [5.74, 6) is -0.820. The molecule has 10 nitrogen and oxygen atoms in total. The van der Waals surface area contributed by atoms with Crippen LogP contribution in [-0.4, -0.2) is 69.3 Å². The van der Waals surface area contributed by atoms with Gasteiger partial charge < -0.3 is 33.3 Å². The van der Waals surface area contributed by atoms with E-state index < -0.39 is 44.0 Å². The van der Waals surface area contributed by atoms with Crippen molar-refractivity contribution in [3.63, 3.8) is 0 Å². The molecule has 0 aliphatic carbocycles. The van der Waals surface area contributed by atoms with Crippen LogP contribution in [0.1, 0.15) is 25.0 Å². The Morgan fingerprint density at radius 1 is 0.842 bits per heavy atom. The molecule has 208 valence electrons. The quantitative estimate of drug-likeness (QED) is 0.296. The predicted molar refractivity (Wildman–Crippen MR) is 139 cm³/mol. The summed E-state index contributed by atoms with van der Waals surface area (Å²) in [7, 11) is -0.994. The Balaban J connectivity index is 1.98. The molecule has 1 N–H and O–H groups in total. The van der Waals surface area contributed by atoms with Crippen LogP contribution in [0.5, 0.6) is 0 Å². The fourth-order valence-corrected chi connectivity index (χ4v) is 5.49. The lowest BCUT2D eigenvalue weighted by Crippen LogP contribution is -2.66. The van der Waals surface area contributed by atoms with Crippen LogP contribution in [-0.2, 0) is 55.4 Å². The second-order valence-corrected chi connectivity index (χ2v) is 11.2. The second kappa shape index (κ2) is 14.5. The molecule has 1 aliphatic heterocycles. The lowest BCUT2D eigenvalue weighted by Gasteiger charge is -2.46. The number of esters is 1. The molecular weight excluding hydrogens is 513 g/mol. The maximum atomic E-state index is 13.1. The molecule has 0 saturated carbocycles. The summed E-state index contributed by atoms with van der Waals surface area (Å²) < 4.78 is 47.8. The third-order valence-electron chi connectivity index (χ3n) is 6.15. The van der Waals surface area contributed by atoms with Crippen molar-refractivity contribution in [2.45, 2.75) is 57.5 Å². The molecule has 2 aromatic rings. The van der Waals surface area contributed by atoms with Crippen LogP contribution < -0.4 is 5.32 Å². The van der Waals surface area contributed by atoms with Crippen LogP contribution in [0.2, 0.25) is 0 Å². The standard InChI is InChI=1S/C27H36NO9P/c1-19(29)28-25-24(18-38(31,32-3)33-4)37-23(17-34-20(2)30)26(35-15-21-11-7-5-8-12-21)27(25)36-16-22-13-9-6-10-14-22/h5-14,23-27H,15-18H2,1-4H3,(H,28,29)/t23?,24-,25?,26-,27+/m0/s1. The molecule has 0 spiro atoms. The third-order valence-corrected chi connectivity index (χ3v) is 8.07. The van der Waals surface area contributed by atoms with E-state index in [2.05, 4.69) is 5.32 Å². The van der Waals surface area contributed by atoms with Gasteiger partial charge in [0.2, 0.25) is 5.91 Å². The van der Waals surface area contributed by atoms with Gasteiger partial charge in [-0.3, -0.25) is 14.2 Å². The summed E-state index contributed by atoms with van der Waals surface area (Å²) in [4.78, 5) is 24.0. The van der Waals surface area contributed by atoms with E-state index in [4.69, 9.17) is 28.0 Å². The maximum absolute atomic E-state index is 13.1. The van der Waals surface area contributed by atoms with Crippen LogP contribution >= 0.6 is 7.60 Å². The number of ether oxygens (including phenoxy) is 4. The summed E-state index contributed by atoms with van der Waals surface area (Å²) in [6.45, 7) is 2.98. The van der Waals surface area contributed by atoms with Crippen LogP contribution in [0.3, 0.4) is 0 Å². The third kappa shape index (κ3) is 8.73. The number of hydrogen-bond acceptors (Lipinski definition) is 9. The summed E-state index contributed by atoms with van der Waals surface area (Å²) in [6.07, 6.45) is -3.33. The smallest absolute Gasteiger partial charge is 0.332 e. The van der Waals surface area contributed by atoms with E-state index in [9.17, 15) is 14.2 Å². The zero-order chi connectivity index (χ0) is 27.5. The van der Waals surface area contributed by atoms with Gasteiger partial charge >= 0.3 is 13.6 Å². The zero-order valence-corrected chi connectivity index (χ0v) is 23.0. The number of rotatable bonds is 13. The van der Waals surface area contributed by atoms with Crippen LogP contribution in [0.4, 0.5) is 0 Å². The first-order chi connectivity index (χ1) is 18.2. The van der Waals surface area contributed by atoms with E-state index in [0.29, 0.717) is 0 Å². The Hall–Kier alpha value is -2.59. The van der Waals surface area contributed by atoms with Gasteiger partial charge in [-0.25, -0.2) is 0 Å². The minimum absolute atomic E-state index is 0.131. The Bertz CT molecular complexity index is 1060. The van der Waals surface area contributed by atoms with E-state index in [1.165, 1.54) is 28.1 Å². The highest BCUT2D eigenvalue weighted by Crippen LogP contribution is 2.48. The van der Waals surface area contributed by atoms with Gasteiger partial charge in [-0.15, -0.1) is 0 Å². The SMILES string of the molecule is COP(=O)(C[C@@H]1OC(COC(C)=O)[C@H](OCc2ccccc2)[C@H](OCc2ccccc2)C1NC(C)=O)OC. The van der Waals surface area contributed by atoms with Gasteiger partial charge in [0.05, 0.1) is 31.5 Å². The van der Waals surface area contributed by atoms with Crippen LogP contribution in [0.25, 0.3) is 0 Å². The first-order valence-electron chi connectivity index (χ1n) is 12.3. The molecule has 38 heavy (non-hydrogen) atoms. The molecule has 0 radical (unpaired) electrons. The number of carbonyl (C=O) groups is 2. The summed E-state index contributed by atoms with van der Waals surface area (Å²) in [6, 6.07) is 18.3. The van der Waals surface area contributed by atoms with Crippen molar-refractivity contribution in [2.24, 2.45) is 0 Å². The Kier molecular flexibility index (Phi) is 11.5.